The number of hydrogen-bond donors (Lipinski definition) is 1. The van der Waals surface area contributed by atoms with Gasteiger partial charge in [0.05, 0.1) is 10.5 Å². The largest absolute Gasteiger partial charge is 0.478 e. The van der Waals surface area contributed by atoms with Gasteiger partial charge in [-0.25, -0.2) is 13.2 Å². The second kappa shape index (κ2) is 3.86. The maximum Gasteiger partial charge on any atom is 0.335 e. The molecule has 1 aromatic carbocycles. The fraction of sp³-hybridized carbons (Fsp3) is 0.100. The van der Waals surface area contributed by atoms with Crippen LogP contribution < -0.4 is 0 Å². The van der Waals surface area contributed by atoms with E-state index in [1.807, 2.05) is 0 Å². The molecule has 0 aliphatic heterocycles. The maximum absolute atomic E-state index is 11.2. The molecule has 5 heteroatoms. The zero-order valence-corrected chi connectivity index (χ0v) is 8.91. The van der Waals surface area contributed by atoms with Gasteiger partial charge in [0.2, 0.25) is 0 Å². The van der Waals surface area contributed by atoms with Crippen molar-refractivity contribution in [2.24, 2.45) is 0 Å². The summed E-state index contributed by atoms with van der Waals surface area (Å²) in [5, 5.41) is 8.68. The summed E-state index contributed by atoms with van der Waals surface area (Å²) in [6, 6.07) is 5.70. The van der Waals surface area contributed by atoms with Crippen molar-refractivity contribution in [3.8, 4) is 0 Å². The van der Waals surface area contributed by atoms with E-state index in [0.29, 0.717) is 5.56 Å². The average molecular weight is 226 g/mol. The van der Waals surface area contributed by atoms with Crippen molar-refractivity contribution in [2.75, 3.05) is 6.26 Å². The molecule has 0 spiro atoms. The predicted octanol–water partition coefficient (Wildman–Crippen LogP) is 1.19. The van der Waals surface area contributed by atoms with Crippen molar-refractivity contribution in [3.63, 3.8) is 0 Å². The molecule has 1 rings (SSSR count). The summed E-state index contributed by atoms with van der Waals surface area (Å²) in [7, 11) is -3.32. The molecule has 0 unspecified atom stereocenters. The SMILES string of the molecule is C=C(C(=O)O)c1cccc(S(C)(=O)=O)c1. The highest BCUT2D eigenvalue weighted by Crippen LogP contribution is 2.17. The lowest BCUT2D eigenvalue weighted by atomic mass is 10.1. The number of rotatable bonds is 3. The fourth-order valence-corrected chi connectivity index (χ4v) is 1.70. The summed E-state index contributed by atoms with van der Waals surface area (Å²) in [6.45, 7) is 3.35. The molecule has 0 heterocycles. The third-order valence-electron chi connectivity index (χ3n) is 1.87. The van der Waals surface area contributed by atoms with E-state index in [-0.39, 0.29) is 10.5 Å². The Labute approximate surface area is 87.8 Å². The van der Waals surface area contributed by atoms with Gasteiger partial charge in [-0.15, -0.1) is 0 Å². The summed E-state index contributed by atoms with van der Waals surface area (Å²) < 4.78 is 22.4. The average Bonchev–Trinajstić information content (AvgIpc) is 2.15. The third-order valence-corrected chi connectivity index (χ3v) is 2.98. The number of carbonyl (C=O) groups is 1. The quantitative estimate of drug-likeness (QED) is 0.786. The van der Waals surface area contributed by atoms with Crippen LogP contribution in [0, 0.1) is 0 Å². The molecule has 0 aliphatic carbocycles. The van der Waals surface area contributed by atoms with Crippen molar-refractivity contribution >= 4 is 21.4 Å². The first-order valence-corrected chi connectivity index (χ1v) is 5.94. The summed E-state index contributed by atoms with van der Waals surface area (Å²) in [5.74, 6) is -1.17. The van der Waals surface area contributed by atoms with Crippen LogP contribution in [-0.2, 0) is 14.6 Å². The van der Waals surface area contributed by atoms with Gasteiger partial charge >= 0.3 is 5.97 Å². The van der Waals surface area contributed by atoms with Gasteiger partial charge in [-0.2, -0.15) is 0 Å². The first-order valence-electron chi connectivity index (χ1n) is 4.05. The Bertz CT molecular complexity index is 514. The number of hydrogen-bond acceptors (Lipinski definition) is 3. The van der Waals surface area contributed by atoms with Crippen LogP contribution >= 0.6 is 0 Å². The number of aliphatic carboxylic acids is 1. The normalized spacial score (nSPS) is 11.0. The van der Waals surface area contributed by atoms with Gasteiger partial charge in [-0.05, 0) is 17.7 Å². The highest BCUT2D eigenvalue weighted by Gasteiger charge is 2.11. The zero-order valence-electron chi connectivity index (χ0n) is 8.10. The topological polar surface area (TPSA) is 71.4 Å². The first-order chi connectivity index (χ1) is 6.82. The third kappa shape index (κ3) is 2.66. The zero-order chi connectivity index (χ0) is 11.6. The second-order valence-electron chi connectivity index (χ2n) is 3.08. The van der Waals surface area contributed by atoms with Crippen LogP contribution in [0.1, 0.15) is 5.56 Å². The van der Waals surface area contributed by atoms with Gasteiger partial charge in [0.15, 0.2) is 9.84 Å². The van der Waals surface area contributed by atoms with Gasteiger partial charge in [0.1, 0.15) is 0 Å². The van der Waals surface area contributed by atoms with E-state index in [4.69, 9.17) is 5.11 Å². The number of benzene rings is 1. The van der Waals surface area contributed by atoms with E-state index in [0.717, 1.165) is 6.26 Å². The first kappa shape index (κ1) is 11.5. The molecule has 0 fully saturated rings. The summed E-state index contributed by atoms with van der Waals surface area (Å²) in [5.41, 5.74) is 0.172. The molecular weight excluding hydrogens is 216 g/mol. The molecule has 0 aliphatic rings. The van der Waals surface area contributed by atoms with E-state index in [1.54, 1.807) is 0 Å². The molecule has 0 amide bonds. The number of carboxylic acid groups (broad SMARTS) is 1. The van der Waals surface area contributed by atoms with Gasteiger partial charge in [-0.3, -0.25) is 0 Å². The minimum absolute atomic E-state index is 0.0856. The van der Waals surface area contributed by atoms with Crippen LogP contribution in [0.5, 0.6) is 0 Å². The maximum atomic E-state index is 11.2. The number of sulfone groups is 1. The van der Waals surface area contributed by atoms with Crippen LogP contribution in [0.25, 0.3) is 5.57 Å². The molecule has 4 nitrogen and oxygen atoms in total. The van der Waals surface area contributed by atoms with Crippen LogP contribution in [0.2, 0.25) is 0 Å². The van der Waals surface area contributed by atoms with E-state index in [2.05, 4.69) is 6.58 Å². The second-order valence-corrected chi connectivity index (χ2v) is 5.10. The standard InChI is InChI=1S/C10H10O4S/c1-7(10(11)12)8-4-3-5-9(6-8)15(2,13)14/h3-6H,1H2,2H3,(H,11,12). The molecule has 0 bridgehead atoms. The predicted molar refractivity (Wildman–Crippen MR) is 56.2 cm³/mol. The Morgan fingerprint density at radius 2 is 2.00 bits per heavy atom. The van der Waals surface area contributed by atoms with Gasteiger partial charge in [0, 0.05) is 6.26 Å². The van der Waals surface area contributed by atoms with Crippen molar-refractivity contribution in [1.82, 2.24) is 0 Å². The minimum Gasteiger partial charge on any atom is -0.478 e. The highest BCUT2D eigenvalue weighted by atomic mass is 32.2. The molecule has 0 atom stereocenters. The summed E-state index contributed by atoms with van der Waals surface area (Å²) >= 11 is 0. The van der Waals surface area contributed by atoms with Crippen LogP contribution in [0.3, 0.4) is 0 Å². The van der Waals surface area contributed by atoms with Crippen molar-refractivity contribution in [3.05, 3.63) is 36.4 Å². The molecule has 1 aromatic rings. The fourth-order valence-electron chi connectivity index (χ4n) is 1.04. The molecule has 0 saturated carbocycles. The molecule has 0 saturated heterocycles. The van der Waals surface area contributed by atoms with Crippen LogP contribution in [0.15, 0.2) is 35.7 Å². The molecule has 1 N–H and O–H groups in total. The lowest BCUT2D eigenvalue weighted by molar-refractivity contribution is -0.130. The minimum atomic E-state index is -3.32. The van der Waals surface area contributed by atoms with Crippen LogP contribution in [-0.4, -0.2) is 25.7 Å². The lowest BCUT2D eigenvalue weighted by Gasteiger charge is -2.03. The molecule has 80 valence electrons. The van der Waals surface area contributed by atoms with Crippen molar-refractivity contribution in [1.29, 1.82) is 0 Å². The highest BCUT2D eigenvalue weighted by molar-refractivity contribution is 7.90. The monoisotopic (exact) mass is 226 g/mol. The van der Waals surface area contributed by atoms with Crippen LogP contribution in [0.4, 0.5) is 0 Å². The van der Waals surface area contributed by atoms with E-state index in [1.165, 1.54) is 24.3 Å². The summed E-state index contributed by atoms with van der Waals surface area (Å²) in [4.78, 5) is 10.7. The van der Waals surface area contributed by atoms with Crippen molar-refractivity contribution in [2.45, 2.75) is 4.90 Å². The molecule has 15 heavy (non-hydrogen) atoms. The Morgan fingerprint density at radius 3 is 2.47 bits per heavy atom. The Morgan fingerprint density at radius 1 is 1.40 bits per heavy atom. The molecule has 0 radical (unpaired) electrons. The van der Waals surface area contributed by atoms with E-state index in [9.17, 15) is 13.2 Å². The molecular formula is C10H10O4S. The van der Waals surface area contributed by atoms with Gasteiger partial charge < -0.3 is 5.11 Å². The Kier molecular flexibility index (Phi) is 2.95. The smallest absolute Gasteiger partial charge is 0.335 e. The lowest BCUT2D eigenvalue weighted by Crippen LogP contribution is -2.01. The molecule has 0 aromatic heterocycles. The number of carboxylic acids is 1. The van der Waals surface area contributed by atoms with Crippen molar-refractivity contribution < 1.29 is 18.3 Å². The van der Waals surface area contributed by atoms with E-state index >= 15 is 0 Å². The van der Waals surface area contributed by atoms with E-state index < -0.39 is 15.8 Å². The van der Waals surface area contributed by atoms with Gasteiger partial charge in [-0.1, -0.05) is 18.7 Å². The Hall–Kier alpha value is -1.62. The Balaban J connectivity index is 3.26. The summed E-state index contributed by atoms with van der Waals surface area (Å²) in [6.07, 6.45) is 1.07. The van der Waals surface area contributed by atoms with Gasteiger partial charge in [0.25, 0.3) is 0 Å².